The topological polar surface area (TPSA) is 112 Å². The maximum atomic E-state index is 11.3. The Balaban J connectivity index is 1.54. The fourth-order valence-corrected chi connectivity index (χ4v) is 5.98. The van der Waals surface area contributed by atoms with Gasteiger partial charge in [0.2, 0.25) is 0 Å². The van der Waals surface area contributed by atoms with Crippen molar-refractivity contribution in [3.05, 3.63) is 129 Å². The van der Waals surface area contributed by atoms with Gasteiger partial charge in [0.25, 0.3) is 0 Å². The summed E-state index contributed by atoms with van der Waals surface area (Å²) in [6.45, 7) is 2.96. The molecule has 0 heterocycles. The molecule has 4 aromatic rings. The van der Waals surface area contributed by atoms with Crippen molar-refractivity contribution < 1.29 is 38.7 Å². The summed E-state index contributed by atoms with van der Waals surface area (Å²) in [6, 6.07) is 25.6. The Kier molecular flexibility index (Phi) is 12.0. The van der Waals surface area contributed by atoms with Crippen molar-refractivity contribution in [2.75, 3.05) is 53.9 Å². The van der Waals surface area contributed by atoms with Crippen LogP contribution in [0.5, 0.6) is 0 Å². The predicted molar refractivity (Wildman–Crippen MR) is 186 cm³/mol. The first-order valence-corrected chi connectivity index (χ1v) is 16.0. The first kappa shape index (κ1) is 35.1. The molecule has 0 fully saturated rings. The zero-order valence-electron chi connectivity index (χ0n) is 27.6. The number of aromatic carboxylic acids is 2. The number of methoxy groups -OCH3 is 2. The lowest BCUT2D eigenvalue weighted by Gasteiger charge is -2.32. The fourth-order valence-electron chi connectivity index (χ4n) is 5.98. The van der Waals surface area contributed by atoms with Gasteiger partial charge in [0, 0.05) is 55.1 Å². The lowest BCUT2D eigenvalue weighted by atomic mass is 9.72. The van der Waals surface area contributed by atoms with Gasteiger partial charge in [-0.1, -0.05) is 35.8 Å². The average molecular weight is 659 g/mol. The van der Waals surface area contributed by atoms with Gasteiger partial charge in [-0.3, -0.25) is 0 Å². The molecule has 0 atom stereocenters. The standard InChI is InChI=1S/C41H38O8/c1-46-23-25-48-21-19-41(20-22-49-26-24-47-2)37-27-31(5-3-29-7-13-33(14-8-29)39(42)43)11-17-35(37)36-18-12-32(28-38(36)41)6-4-30-9-15-34(16-10-30)40(44)45/h7-18,27-28H,19-26H2,1-2H3,(H,42,43)(H,44,45). The van der Waals surface area contributed by atoms with Crippen LogP contribution in [0.1, 0.15) is 66.9 Å². The molecule has 1 aliphatic rings. The third-order valence-electron chi connectivity index (χ3n) is 8.54. The van der Waals surface area contributed by atoms with Gasteiger partial charge in [-0.15, -0.1) is 0 Å². The smallest absolute Gasteiger partial charge is 0.335 e. The number of fused-ring (bicyclic) bond motifs is 3. The van der Waals surface area contributed by atoms with Crippen LogP contribution in [0.4, 0.5) is 0 Å². The largest absolute Gasteiger partial charge is 0.478 e. The van der Waals surface area contributed by atoms with Gasteiger partial charge in [0.05, 0.1) is 37.6 Å². The molecule has 0 unspecified atom stereocenters. The summed E-state index contributed by atoms with van der Waals surface area (Å²) in [4.78, 5) is 22.5. The van der Waals surface area contributed by atoms with Crippen LogP contribution in [0, 0.1) is 23.7 Å². The maximum absolute atomic E-state index is 11.3. The normalized spacial score (nSPS) is 12.2. The van der Waals surface area contributed by atoms with E-state index in [1.165, 1.54) is 0 Å². The fraction of sp³-hybridized carbons (Fsp3) is 0.268. The molecule has 0 saturated heterocycles. The van der Waals surface area contributed by atoms with E-state index >= 15 is 0 Å². The quantitative estimate of drug-likeness (QED) is 0.121. The molecule has 49 heavy (non-hydrogen) atoms. The first-order chi connectivity index (χ1) is 23.8. The van der Waals surface area contributed by atoms with E-state index in [0.29, 0.717) is 52.5 Å². The zero-order valence-corrected chi connectivity index (χ0v) is 27.6. The second-order valence-electron chi connectivity index (χ2n) is 11.6. The van der Waals surface area contributed by atoms with Crippen LogP contribution in [-0.2, 0) is 24.4 Å². The maximum Gasteiger partial charge on any atom is 0.335 e. The second kappa shape index (κ2) is 16.7. The van der Waals surface area contributed by atoms with Crippen molar-refractivity contribution in [2.45, 2.75) is 18.3 Å². The summed E-state index contributed by atoms with van der Waals surface area (Å²) in [7, 11) is 3.30. The molecule has 0 amide bonds. The number of carboxylic acid groups (broad SMARTS) is 2. The Morgan fingerprint density at radius 2 is 0.898 bits per heavy atom. The van der Waals surface area contributed by atoms with Crippen molar-refractivity contribution in [3.8, 4) is 34.8 Å². The average Bonchev–Trinajstić information content (AvgIpc) is 3.38. The van der Waals surface area contributed by atoms with E-state index in [2.05, 4.69) is 47.9 Å². The highest BCUT2D eigenvalue weighted by Crippen LogP contribution is 2.53. The van der Waals surface area contributed by atoms with Gasteiger partial charge in [0.15, 0.2) is 0 Å². The van der Waals surface area contributed by atoms with Gasteiger partial charge in [-0.25, -0.2) is 9.59 Å². The SMILES string of the molecule is COCCOCCC1(CCOCCOC)c2cc(C#Cc3ccc(C(=O)O)cc3)ccc2-c2ccc(C#Cc3ccc(C(=O)O)cc3)cc21. The van der Waals surface area contributed by atoms with Crippen molar-refractivity contribution in [1.82, 2.24) is 0 Å². The zero-order chi connectivity index (χ0) is 34.6. The molecule has 0 aliphatic heterocycles. The third-order valence-corrected chi connectivity index (χ3v) is 8.54. The summed E-state index contributed by atoms with van der Waals surface area (Å²) < 4.78 is 22.5. The number of carbonyl (C=O) groups is 2. The number of rotatable bonds is 14. The summed E-state index contributed by atoms with van der Waals surface area (Å²) in [5, 5.41) is 18.5. The van der Waals surface area contributed by atoms with Gasteiger partial charge >= 0.3 is 11.9 Å². The van der Waals surface area contributed by atoms with Crippen LogP contribution in [0.25, 0.3) is 11.1 Å². The van der Waals surface area contributed by atoms with Crippen LogP contribution < -0.4 is 0 Å². The van der Waals surface area contributed by atoms with Crippen LogP contribution in [0.2, 0.25) is 0 Å². The summed E-state index contributed by atoms with van der Waals surface area (Å²) in [6.07, 6.45) is 1.37. The molecule has 0 spiro atoms. The Labute approximate surface area is 286 Å². The van der Waals surface area contributed by atoms with E-state index in [9.17, 15) is 19.8 Å². The molecular formula is C41H38O8. The lowest BCUT2D eigenvalue weighted by molar-refractivity contribution is 0.0490. The third kappa shape index (κ3) is 8.63. The van der Waals surface area contributed by atoms with E-state index in [0.717, 1.165) is 44.5 Å². The number of carboxylic acids is 2. The molecule has 5 rings (SSSR count). The highest BCUT2D eigenvalue weighted by Gasteiger charge is 2.43. The number of benzene rings is 4. The molecule has 8 nitrogen and oxygen atoms in total. The van der Waals surface area contributed by atoms with Crippen molar-refractivity contribution >= 4 is 11.9 Å². The van der Waals surface area contributed by atoms with Crippen LogP contribution in [-0.4, -0.2) is 76.0 Å². The van der Waals surface area contributed by atoms with Crippen molar-refractivity contribution in [1.29, 1.82) is 0 Å². The number of hydrogen-bond donors (Lipinski definition) is 2. The minimum absolute atomic E-state index is 0.214. The van der Waals surface area contributed by atoms with E-state index < -0.39 is 17.4 Å². The van der Waals surface area contributed by atoms with Gasteiger partial charge in [-0.05, 0) is 108 Å². The molecule has 2 N–H and O–H groups in total. The van der Waals surface area contributed by atoms with E-state index in [1.807, 2.05) is 12.1 Å². The van der Waals surface area contributed by atoms with Crippen LogP contribution in [0.15, 0.2) is 84.9 Å². The molecular weight excluding hydrogens is 620 g/mol. The molecule has 1 aliphatic carbocycles. The van der Waals surface area contributed by atoms with Crippen molar-refractivity contribution in [3.63, 3.8) is 0 Å². The van der Waals surface area contributed by atoms with Gasteiger partial charge in [0.1, 0.15) is 0 Å². The second-order valence-corrected chi connectivity index (χ2v) is 11.6. The minimum Gasteiger partial charge on any atom is -0.478 e. The van der Waals surface area contributed by atoms with E-state index in [-0.39, 0.29) is 11.1 Å². The van der Waals surface area contributed by atoms with E-state index in [4.69, 9.17) is 18.9 Å². The van der Waals surface area contributed by atoms with Crippen LogP contribution in [0.3, 0.4) is 0 Å². The summed E-state index contributed by atoms with van der Waals surface area (Å²) in [5.74, 6) is 11.0. The summed E-state index contributed by atoms with van der Waals surface area (Å²) >= 11 is 0. The first-order valence-electron chi connectivity index (χ1n) is 16.0. The molecule has 250 valence electrons. The van der Waals surface area contributed by atoms with Gasteiger partial charge in [-0.2, -0.15) is 0 Å². The number of hydrogen-bond acceptors (Lipinski definition) is 6. The number of ether oxygens (including phenoxy) is 4. The monoisotopic (exact) mass is 658 g/mol. The Bertz CT molecular complexity index is 1760. The van der Waals surface area contributed by atoms with Gasteiger partial charge < -0.3 is 29.2 Å². The molecule has 0 saturated carbocycles. The Morgan fingerprint density at radius 1 is 0.531 bits per heavy atom. The molecule has 8 heteroatoms. The Hall–Kier alpha value is -5.22. The highest BCUT2D eigenvalue weighted by molar-refractivity contribution is 5.88. The highest BCUT2D eigenvalue weighted by atomic mass is 16.5. The minimum atomic E-state index is -0.977. The van der Waals surface area contributed by atoms with E-state index in [1.54, 1.807) is 62.8 Å². The molecule has 0 aromatic heterocycles. The lowest BCUT2D eigenvalue weighted by Crippen LogP contribution is -2.30. The van der Waals surface area contributed by atoms with Crippen LogP contribution >= 0.6 is 0 Å². The van der Waals surface area contributed by atoms with Crippen molar-refractivity contribution in [2.24, 2.45) is 0 Å². The molecule has 0 bridgehead atoms. The Morgan fingerprint density at radius 3 is 1.27 bits per heavy atom. The molecule has 0 radical (unpaired) electrons. The summed E-state index contributed by atoms with van der Waals surface area (Å²) in [5.41, 5.74) is 7.58. The predicted octanol–water partition coefficient (Wildman–Crippen LogP) is 6.26. The molecule has 4 aromatic carbocycles.